The highest BCUT2D eigenvalue weighted by Gasteiger charge is 2.14. The molecule has 1 heterocycles. The molecule has 0 atom stereocenters. The van der Waals surface area contributed by atoms with Crippen LogP contribution in [-0.4, -0.2) is 16.4 Å². The van der Waals surface area contributed by atoms with Gasteiger partial charge in [0.25, 0.3) is 5.91 Å². The lowest BCUT2D eigenvalue weighted by atomic mass is 10.1. The summed E-state index contributed by atoms with van der Waals surface area (Å²) in [6.45, 7) is -0.0617. The normalized spacial score (nSPS) is 10.8. The van der Waals surface area contributed by atoms with Crippen molar-refractivity contribution in [1.29, 1.82) is 0 Å². The van der Waals surface area contributed by atoms with Crippen molar-refractivity contribution < 1.29 is 14.3 Å². The quantitative estimate of drug-likeness (QED) is 0.233. The Bertz CT molecular complexity index is 1510. The average Bonchev–Trinajstić information content (AvgIpc) is 2.88. The first-order valence-corrected chi connectivity index (χ1v) is 10.8. The van der Waals surface area contributed by atoms with E-state index in [0.717, 1.165) is 0 Å². The second kappa shape index (κ2) is 9.03. The molecule has 1 N–H and O–H groups in total. The van der Waals surface area contributed by atoms with Crippen molar-refractivity contribution in [1.82, 2.24) is 4.57 Å². The zero-order chi connectivity index (χ0) is 23.5. The summed E-state index contributed by atoms with van der Waals surface area (Å²) in [5, 5.41) is 3.91. The molecule has 6 nitrogen and oxygen atoms in total. The maximum absolute atomic E-state index is 12.9. The van der Waals surface area contributed by atoms with E-state index in [1.165, 1.54) is 0 Å². The number of esters is 1. The van der Waals surface area contributed by atoms with Gasteiger partial charge in [0.2, 0.25) is 0 Å². The Labute approximate surface area is 195 Å². The van der Waals surface area contributed by atoms with E-state index in [1.54, 1.807) is 77.4 Å². The minimum atomic E-state index is -0.472. The van der Waals surface area contributed by atoms with Crippen LogP contribution in [0.15, 0.2) is 108 Å². The molecule has 4 aromatic carbocycles. The van der Waals surface area contributed by atoms with Crippen molar-refractivity contribution in [2.75, 3.05) is 5.32 Å². The van der Waals surface area contributed by atoms with Gasteiger partial charge in [-0.15, -0.1) is 0 Å². The highest BCUT2D eigenvalue weighted by Crippen LogP contribution is 2.21. The predicted octanol–water partition coefficient (Wildman–Crippen LogP) is 5.01. The topological polar surface area (TPSA) is 77.4 Å². The van der Waals surface area contributed by atoms with E-state index in [1.807, 2.05) is 30.3 Å². The summed E-state index contributed by atoms with van der Waals surface area (Å²) in [6, 6.07) is 29.9. The van der Waals surface area contributed by atoms with Crippen LogP contribution in [0.3, 0.4) is 0 Å². The van der Waals surface area contributed by atoms with Crippen LogP contribution in [0.25, 0.3) is 21.8 Å². The molecule has 0 radical (unpaired) electrons. The molecule has 0 aliphatic carbocycles. The van der Waals surface area contributed by atoms with Gasteiger partial charge in [-0.05, 0) is 60.7 Å². The molecule has 0 aliphatic rings. The lowest BCUT2D eigenvalue weighted by molar-refractivity contribution is -0.134. The van der Waals surface area contributed by atoms with Crippen molar-refractivity contribution in [3.05, 3.63) is 119 Å². The minimum Gasteiger partial charge on any atom is -0.425 e. The van der Waals surface area contributed by atoms with Gasteiger partial charge in [0, 0.05) is 22.0 Å². The summed E-state index contributed by atoms with van der Waals surface area (Å²) in [7, 11) is 0. The van der Waals surface area contributed by atoms with E-state index in [4.69, 9.17) is 4.74 Å². The summed E-state index contributed by atoms with van der Waals surface area (Å²) in [5.41, 5.74) is 2.41. The summed E-state index contributed by atoms with van der Waals surface area (Å²) in [5.74, 6) is -0.334. The second-order valence-electron chi connectivity index (χ2n) is 7.77. The van der Waals surface area contributed by atoms with Crippen LogP contribution in [0.2, 0.25) is 0 Å². The molecular formula is C28H20N2O4. The number of nitrogens with one attached hydrogen (secondary N) is 1. The molecule has 1 aromatic heterocycles. The molecule has 0 fully saturated rings. The number of nitrogens with zero attached hydrogens (tertiary/aromatic N) is 1. The summed E-state index contributed by atoms with van der Waals surface area (Å²) >= 11 is 0. The smallest absolute Gasteiger partial charge is 0.331 e. The molecule has 34 heavy (non-hydrogen) atoms. The lowest BCUT2D eigenvalue weighted by Gasteiger charge is -2.14. The molecule has 5 aromatic rings. The van der Waals surface area contributed by atoms with E-state index in [-0.39, 0.29) is 17.9 Å². The average molecular weight is 448 g/mol. The zero-order valence-electron chi connectivity index (χ0n) is 18.1. The fourth-order valence-electron chi connectivity index (χ4n) is 3.94. The van der Waals surface area contributed by atoms with Crippen LogP contribution in [0.1, 0.15) is 10.4 Å². The van der Waals surface area contributed by atoms with Gasteiger partial charge in [0.05, 0.1) is 11.0 Å². The first-order valence-electron chi connectivity index (χ1n) is 10.8. The Morgan fingerprint density at radius 2 is 1.26 bits per heavy atom. The van der Waals surface area contributed by atoms with Crippen LogP contribution in [0, 0.1) is 0 Å². The van der Waals surface area contributed by atoms with Gasteiger partial charge >= 0.3 is 5.97 Å². The number of amides is 1. The van der Waals surface area contributed by atoms with Crippen molar-refractivity contribution >= 4 is 39.4 Å². The molecule has 0 saturated carbocycles. The molecule has 166 valence electrons. The van der Waals surface area contributed by atoms with Crippen molar-refractivity contribution in [3.63, 3.8) is 0 Å². The first kappa shape index (κ1) is 21.2. The number of fused-ring (bicyclic) bond motifs is 2. The molecular weight excluding hydrogens is 428 g/mol. The van der Waals surface area contributed by atoms with Crippen LogP contribution < -0.4 is 15.5 Å². The number of anilines is 1. The number of aromatic nitrogens is 1. The number of ether oxygens (including phenoxy) is 1. The van der Waals surface area contributed by atoms with Gasteiger partial charge < -0.3 is 14.6 Å². The van der Waals surface area contributed by atoms with E-state index in [9.17, 15) is 14.4 Å². The SMILES string of the molecule is O=C(Cn1c2ccccc2c(=O)c2ccccc21)Oc1ccc(NC(=O)c2ccccc2)cc1. The van der Waals surface area contributed by atoms with Crippen LogP contribution >= 0.6 is 0 Å². The molecule has 5 rings (SSSR count). The maximum Gasteiger partial charge on any atom is 0.331 e. The highest BCUT2D eigenvalue weighted by atomic mass is 16.5. The van der Waals surface area contributed by atoms with Crippen molar-refractivity contribution in [2.24, 2.45) is 0 Å². The zero-order valence-corrected chi connectivity index (χ0v) is 18.1. The third-order valence-electron chi connectivity index (χ3n) is 5.55. The molecule has 6 heteroatoms. The minimum absolute atomic E-state index is 0.0617. The van der Waals surface area contributed by atoms with E-state index in [2.05, 4.69) is 5.32 Å². The number of carbonyl (C=O) groups is 2. The Hall–Kier alpha value is -4.71. The number of carbonyl (C=O) groups excluding carboxylic acids is 2. The standard InChI is InChI=1S/C28H20N2O4/c31-26(34-21-16-14-20(15-17-21)29-28(33)19-8-2-1-3-9-19)18-30-24-12-6-4-10-22(24)27(32)23-11-5-7-13-25(23)30/h1-17H,18H2,(H,29,33). The van der Waals surface area contributed by atoms with Gasteiger partial charge in [-0.1, -0.05) is 42.5 Å². The molecule has 0 bridgehead atoms. The first-order chi connectivity index (χ1) is 16.6. The Kier molecular flexibility index (Phi) is 5.62. The predicted molar refractivity (Wildman–Crippen MR) is 132 cm³/mol. The second-order valence-corrected chi connectivity index (χ2v) is 7.77. The third kappa shape index (κ3) is 4.17. The summed E-state index contributed by atoms with van der Waals surface area (Å²) in [6.07, 6.45) is 0. The molecule has 0 spiro atoms. The van der Waals surface area contributed by atoms with Crippen LogP contribution in [-0.2, 0) is 11.3 Å². The highest BCUT2D eigenvalue weighted by molar-refractivity contribution is 6.04. The van der Waals surface area contributed by atoms with Gasteiger partial charge in [-0.3, -0.25) is 9.59 Å². The number of benzene rings is 4. The summed E-state index contributed by atoms with van der Waals surface area (Å²) in [4.78, 5) is 38.0. The van der Waals surface area contributed by atoms with E-state index >= 15 is 0 Å². The molecule has 0 aliphatic heterocycles. The largest absolute Gasteiger partial charge is 0.425 e. The van der Waals surface area contributed by atoms with Gasteiger partial charge in [-0.2, -0.15) is 0 Å². The maximum atomic E-state index is 12.9. The summed E-state index contributed by atoms with van der Waals surface area (Å²) < 4.78 is 7.33. The van der Waals surface area contributed by atoms with Crippen molar-refractivity contribution in [2.45, 2.75) is 6.54 Å². The fraction of sp³-hybridized carbons (Fsp3) is 0.0357. The Balaban J connectivity index is 1.35. The Morgan fingerprint density at radius 3 is 1.88 bits per heavy atom. The number of pyridine rings is 1. The number of para-hydroxylation sites is 2. The van der Waals surface area contributed by atoms with E-state index < -0.39 is 5.97 Å². The number of rotatable bonds is 5. The van der Waals surface area contributed by atoms with E-state index in [0.29, 0.717) is 38.8 Å². The van der Waals surface area contributed by atoms with Gasteiger partial charge in [0.1, 0.15) is 12.3 Å². The van der Waals surface area contributed by atoms with Crippen LogP contribution in [0.5, 0.6) is 5.75 Å². The number of hydrogen-bond donors (Lipinski definition) is 1. The van der Waals surface area contributed by atoms with Crippen LogP contribution in [0.4, 0.5) is 5.69 Å². The third-order valence-corrected chi connectivity index (χ3v) is 5.55. The molecule has 0 unspecified atom stereocenters. The monoisotopic (exact) mass is 448 g/mol. The van der Waals surface area contributed by atoms with Crippen molar-refractivity contribution in [3.8, 4) is 5.75 Å². The molecule has 0 saturated heterocycles. The van der Waals surface area contributed by atoms with Gasteiger partial charge in [-0.25, -0.2) is 4.79 Å². The fourth-order valence-corrected chi connectivity index (χ4v) is 3.94. The number of hydrogen-bond acceptors (Lipinski definition) is 4. The van der Waals surface area contributed by atoms with Gasteiger partial charge in [0.15, 0.2) is 5.43 Å². The molecule has 1 amide bonds. The lowest BCUT2D eigenvalue weighted by Crippen LogP contribution is -2.20. The Morgan fingerprint density at radius 1 is 0.706 bits per heavy atom.